The number of esters is 2. The van der Waals surface area contributed by atoms with Crippen molar-refractivity contribution in [3.8, 4) is 0 Å². The molecule has 10 nitrogen and oxygen atoms in total. The number of nitrogens with one attached hydrogen (secondary N) is 1. The first-order valence-electron chi connectivity index (χ1n) is 15.5. The zero-order valence-corrected chi connectivity index (χ0v) is 27.2. The molecule has 3 aliphatic carbocycles. The molecule has 1 saturated heterocycles. The minimum atomic E-state index is -1.28. The highest BCUT2D eigenvalue weighted by atomic mass is 16.7. The zero-order chi connectivity index (χ0) is 33.1. The topological polar surface area (TPSA) is 134 Å². The lowest BCUT2D eigenvalue weighted by atomic mass is 9.40. The van der Waals surface area contributed by atoms with Crippen molar-refractivity contribution in [2.45, 2.75) is 79.9 Å². The summed E-state index contributed by atoms with van der Waals surface area (Å²) in [6.07, 6.45) is 1.65. The quantitative estimate of drug-likeness (QED) is 0.265. The summed E-state index contributed by atoms with van der Waals surface area (Å²) in [4.78, 5) is 73.1. The molecule has 0 amide bonds. The number of ketones is 2. The highest BCUT2D eigenvalue weighted by Gasteiger charge is 2.72. The molecule has 8 atom stereocenters. The molecule has 1 saturated carbocycles. The van der Waals surface area contributed by atoms with Crippen LogP contribution in [0.2, 0.25) is 0 Å². The van der Waals surface area contributed by atoms with E-state index in [0.29, 0.717) is 12.0 Å². The van der Waals surface area contributed by atoms with Gasteiger partial charge in [0.15, 0.2) is 11.5 Å². The molecule has 1 aromatic rings. The van der Waals surface area contributed by atoms with Crippen LogP contribution in [0.1, 0.15) is 66.9 Å². The largest absolute Gasteiger partial charge is 0.493 e. The summed E-state index contributed by atoms with van der Waals surface area (Å²) in [5, 5.41) is 0. The van der Waals surface area contributed by atoms with Gasteiger partial charge in [-0.05, 0) is 63.2 Å². The van der Waals surface area contributed by atoms with E-state index in [-0.39, 0.29) is 53.9 Å². The molecule has 45 heavy (non-hydrogen) atoms. The van der Waals surface area contributed by atoms with Crippen LogP contribution in [0, 0.1) is 39.9 Å². The lowest BCUT2D eigenvalue weighted by molar-refractivity contribution is -0.217. The molecule has 1 heterocycles. The Balaban J connectivity index is 1.49. The number of hydrogen-bond donors (Lipinski definition) is 1. The number of fused-ring (bicyclic) bond motifs is 2. The van der Waals surface area contributed by atoms with Gasteiger partial charge in [-0.1, -0.05) is 51.1 Å². The lowest BCUT2D eigenvalue weighted by Crippen LogP contribution is -2.69. The Kier molecular flexibility index (Phi) is 8.36. The standard InChI is InChI=1S/C35H43NO9/c1-18-14-24(43-31(40)23(15-20-12-10-9-11-13-20)36-45-32(41)33(3,4)5)30(39)35(7)21(18)16-25-34(6)22(17-26(37)44-25)19(2)28(42-8)27(38)29(34)35/h9-14,18,21-23,25,29,36H,15-17H2,1-8H3/t18-,21+,22+,23?,25-,29+,34-,35+/m1/s1. The fourth-order valence-corrected chi connectivity index (χ4v) is 8.21. The van der Waals surface area contributed by atoms with E-state index in [0.717, 1.165) is 5.56 Å². The molecule has 0 radical (unpaired) electrons. The van der Waals surface area contributed by atoms with Crippen molar-refractivity contribution >= 4 is 29.5 Å². The van der Waals surface area contributed by atoms with Crippen LogP contribution in [0.3, 0.4) is 0 Å². The first-order chi connectivity index (χ1) is 21.0. The molecule has 10 heteroatoms. The van der Waals surface area contributed by atoms with Gasteiger partial charge in [0.25, 0.3) is 0 Å². The Bertz CT molecular complexity index is 1490. The molecule has 242 valence electrons. The molecule has 1 N–H and O–H groups in total. The third kappa shape index (κ3) is 5.30. The Morgan fingerprint density at radius 3 is 2.40 bits per heavy atom. The molecule has 0 aromatic heterocycles. The van der Waals surface area contributed by atoms with E-state index in [1.165, 1.54) is 7.11 Å². The average molecular weight is 622 g/mol. The summed E-state index contributed by atoms with van der Waals surface area (Å²) in [5.74, 6) is -4.37. The number of rotatable bonds is 7. The lowest BCUT2D eigenvalue weighted by Gasteiger charge is -2.64. The van der Waals surface area contributed by atoms with E-state index in [9.17, 15) is 24.0 Å². The number of carbonyl (C=O) groups excluding carboxylic acids is 5. The smallest absolute Gasteiger partial charge is 0.332 e. The second-order valence-electron chi connectivity index (χ2n) is 14.4. The van der Waals surface area contributed by atoms with E-state index >= 15 is 0 Å². The number of allylic oxidation sites excluding steroid dienone is 4. The summed E-state index contributed by atoms with van der Waals surface area (Å²) in [6.45, 7) is 12.5. The maximum Gasteiger partial charge on any atom is 0.332 e. The van der Waals surface area contributed by atoms with Crippen LogP contribution in [0.5, 0.6) is 0 Å². The van der Waals surface area contributed by atoms with Crippen molar-refractivity contribution in [2.24, 2.45) is 39.9 Å². The molecule has 2 fully saturated rings. The van der Waals surface area contributed by atoms with Crippen LogP contribution in [-0.4, -0.2) is 48.7 Å². The van der Waals surface area contributed by atoms with Crippen molar-refractivity contribution in [3.05, 3.63) is 59.1 Å². The van der Waals surface area contributed by atoms with Gasteiger partial charge < -0.3 is 19.0 Å². The molecule has 5 rings (SSSR count). The maximum atomic E-state index is 14.6. The van der Waals surface area contributed by atoms with Gasteiger partial charge in [0.2, 0.25) is 11.6 Å². The highest BCUT2D eigenvalue weighted by Crippen LogP contribution is 2.67. The van der Waals surface area contributed by atoms with Gasteiger partial charge in [-0.25, -0.2) is 9.59 Å². The summed E-state index contributed by atoms with van der Waals surface area (Å²) < 4.78 is 17.3. The van der Waals surface area contributed by atoms with Gasteiger partial charge in [0, 0.05) is 29.1 Å². The van der Waals surface area contributed by atoms with E-state index in [1.54, 1.807) is 40.7 Å². The zero-order valence-electron chi connectivity index (χ0n) is 27.2. The van der Waals surface area contributed by atoms with Gasteiger partial charge in [0.05, 0.1) is 18.9 Å². The molecule has 0 bridgehead atoms. The number of methoxy groups -OCH3 is 1. The van der Waals surface area contributed by atoms with Crippen LogP contribution in [0.25, 0.3) is 0 Å². The minimum absolute atomic E-state index is 0.0811. The first kappa shape index (κ1) is 32.6. The van der Waals surface area contributed by atoms with Crippen LogP contribution in [0.4, 0.5) is 0 Å². The first-order valence-corrected chi connectivity index (χ1v) is 15.5. The second-order valence-corrected chi connectivity index (χ2v) is 14.4. The minimum Gasteiger partial charge on any atom is -0.493 e. The average Bonchev–Trinajstić information content (AvgIpc) is 2.97. The van der Waals surface area contributed by atoms with Crippen LogP contribution >= 0.6 is 0 Å². The SMILES string of the molecule is COC1=C(C)[C@@H]2CC(=O)O[C@@H]3C[C@H]4[C@H](C)C=C(OC(=O)C(Cc5ccccc5)NOC(=O)C(C)(C)C)C(=O)[C@]4(C)[C@@H](C1=O)[C@@]32C. The molecular formula is C35H43NO9. The number of hydroxylamine groups is 1. The van der Waals surface area contributed by atoms with Crippen molar-refractivity contribution in [2.75, 3.05) is 7.11 Å². The van der Waals surface area contributed by atoms with E-state index in [1.807, 2.05) is 44.2 Å². The van der Waals surface area contributed by atoms with Crippen molar-refractivity contribution < 1.29 is 43.0 Å². The molecule has 1 aromatic carbocycles. The number of ether oxygens (including phenoxy) is 3. The normalized spacial score (nSPS) is 33.3. The van der Waals surface area contributed by atoms with E-state index < -0.39 is 52.0 Å². The van der Waals surface area contributed by atoms with Crippen molar-refractivity contribution in [3.63, 3.8) is 0 Å². The summed E-state index contributed by atoms with van der Waals surface area (Å²) in [5.41, 5.74) is 1.09. The van der Waals surface area contributed by atoms with Crippen molar-refractivity contribution in [1.29, 1.82) is 0 Å². The van der Waals surface area contributed by atoms with Crippen LogP contribution in [0.15, 0.2) is 53.5 Å². The Morgan fingerprint density at radius 1 is 1.11 bits per heavy atom. The number of carbonyl (C=O) groups is 5. The third-order valence-electron chi connectivity index (χ3n) is 10.6. The monoisotopic (exact) mass is 621 g/mol. The van der Waals surface area contributed by atoms with E-state index in [2.05, 4.69) is 5.48 Å². The van der Waals surface area contributed by atoms with Gasteiger partial charge in [-0.2, -0.15) is 0 Å². The van der Waals surface area contributed by atoms with Gasteiger partial charge in [-0.15, -0.1) is 5.48 Å². The Hall–Kier alpha value is -3.79. The molecule has 1 unspecified atom stereocenters. The summed E-state index contributed by atoms with van der Waals surface area (Å²) in [7, 11) is 1.42. The fraction of sp³-hybridized carbons (Fsp3) is 0.571. The second kappa shape index (κ2) is 11.5. The van der Waals surface area contributed by atoms with Crippen molar-refractivity contribution in [1.82, 2.24) is 5.48 Å². The number of hydrogen-bond acceptors (Lipinski definition) is 10. The Morgan fingerprint density at radius 2 is 1.78 bits per heavy atom. The maximum absolute atomic E-state index is 14.6. The third-order valence-corrected chi connectivity index (χ3v) is 10.6. The van der Waals surface area contributed by atoms with E-state index in [4.69, 9.17) is 19.0 Å². The van der Waals surface area contributed by atoms with Gasteiger partial charge >= 0.3 is 17.9 Å². The molecule has 1 aliphatic heterocycles. The predicted octanol–water partition coefficient (Wildman–Crippen LogP) is 4.42. The highest BCUT2D eigenvalue weighted by molar-refractivity contribution is 6.08. The summed E-state index contributed by atoms with van der Waals surface area (Å²) in [6, 6.07) is 8.04. The Labute approximate surface area is 263 Å². The van der Waals surface area contributed by atoms with Gasteiger partial charge in [0.1, 0.15) is 12.1 Å². The molecule has 4 aliphatic rings. The van der Waals surface area contributed by atoms with Crippen LogP contribution in [-0.2, 0) is 49.4 Å². The number of benzene rings is 1. The van der Waals surface area contributed by atoms with Crippen LogP contribution < -0.4 is 5.48 Å². The molecule has 0 spiro atoms. The number of Topliss-reactive ketones (excluding diaryl/α,β-unsaturated/α-hetero) is 2. The van der Waals surface area contributed by atoms with Gasteiger partial charge in [-0.3, -0.25) is 14.4 Å². The summed E-state index contributed by atoms with van der Waals surface area (Å²) >= 11 is 0. The molecular weight excluding hydrogens is 578 g/mol. The predicted molar refractivity (Wildman–Crippen MR) is 161 cm³/mol. The fourth-order valence-electron chi connectivity index (χ4n) is 8.21.